The van der Waals surface area contributed by atoms with E-state index >= 15 is 0 Å². The summed E-state index contributed by atoms with van der Waals surface area (Å²) in [6.45, 7) is 4.42. The summed E-state index contributed by atoms with van der Waals surface area (Å²) in [5.41, 5.74) is 7.22. The average molecular weight is 265 g/mol. The van der Waals surface area contributed by atoms with Crippen LogP contribution in [0, 0.1) is 10.1 Å². The van der Waals surface area contributed by atoms with Gasteiger partial charge in [-0.05, 0) is 25.8 Å². The summed E-state index contributed by atoms with van der Waals surface area (Å²) in [4.78, 5) is 12.4. The van der Waals surface area contributed by atoms with Crippen molar-refractivity contribution < 1.29 is 9.66 Å². The summed E-state index contributed by atoms with van der Waals surface area (Å²) >= 11 is 0. The van der Waals surface area contributed by atoms with Crippen molar-refractivity contribution in [2.75, 3.05) is 30.3 Å². The number of rotatable bonds is 5. The molecule has 1 atom stereocenters. The lowest BCUT2D eigenvalue weighted by molar-refractivity contribution is -0.384. The summed E-state index contributed by atoms with van der Waals surface area (Å²) < 4.78 is 5.62. The molecule has 104 valence electrons. The lowest BCUT2D eigenvalue weighted by Crippen LogP contribution is -2.32. The van der Waals surface area contributed by atoms with Crippen molar-refractivity contribution in [2.24, 2.45) is 0 Å². The van der Waals surface area contributed by atoms with E-state index in [4.69, 9.17) is 10.5 Å². The molecule has 19 heavy (non-hydrogen) atoms. The van der Waals surface area contributed by atoms with E-state index in [0.717, 1.165) is 38.2 Å². The molecule has 0 spiro atoms. The number of non-ortho nitro benzene ring substituents is 1. The number of hydrogen-bond acceptors (Lipinski definition) is 5. The van der Waals surface area contributed by atoms with Crippen molar-refractivity contribution >= 4 is 17.1 Å². The third kappa shape index (κ3) is 3.14. The van der Waals surface area contributed by atoms with Crippen LogP contribution in [0.1, 0.15) is 19.8 Å². The minimum Gasteiger partial charge on any atom is -0.397 e. The van der Waals surface area contributed by atoms with Gasteiger partial charge in [-0.3, -0.25) is 10.1 Å². The Morgan fingerprint density at radius 1 is 1.58 bits per heavy atom. The fourth-order valence-corrected chi connectivity index (χ4v) is 2.38. The smallest absolute Gasteiger partial charge is 0.271 e. The molecule has 1 aromatic rings. The largest absolute Gasteiger partial charge is 0.397 e. The van der Waals surface area contributed by atoms with Crippen molar-refractivity contribution in [3.05, 3.63) is 28.3 Å². The van der Waals surface area contributed by atoms with E-state index < -0.39 is 4.92 Å². The number of nitro groups is 1. The second kappa shape index (κ2) is 5.88. The van der Waals surface area contributed by atoms with Gasteiger partial charge in [-0.15, -0.1) is 0 Å². The van der Waals surface area contributed by atoms with E-state index in [1.807, 2.05) is 6.92 Å². The van der Waals surface area contributed by atoms with Gasteiger partial charge in [-0.1, -0.05) is 0 Å². The summed E-state index contributed by atoms with van der Waals surface area (Å²) in [6.07, 6.45) is 2.39. The Balaban J connectivity index is 2.15. The maximum atomic E-state index is 10.7. The topological polar surface area (TPSA) is 81.6 Å². The van der Waals surface area contributed by atoms with Gasteiger partial charge in [0, 0.05) is 31.8 Å². The fourth-order valence-electron chi connectivity index (χ4n) is 2.38. The molecule has 2 rings (SSSR count). The van der Waals surface area contributed by atoms with Crippen LogP contribution in [-0.2, 0) is 4.74 Å². The molecule has 0 aromatic heterocycles. The van der Waals surface area contributed by atoms with E-state index in [1.54, 1.807) is 6.07 Å². The Bertz CT molecular complexity index is 458. The first-order valence-electron chi connectivity index (χ1n) is 6.52. The molecule has 0 amide bonds. The Hall–Kier alpha value is -1.82. The number of nitrogens with two attached hydrogens (primary N) is 1. The van der Waals surface area contributed by atoms with Gasteiger partial charge in [0.1, 0.15) is 0 Å². The number of nitro benzene ring substituents is 1. The molecule has 6 nitrogen and oxygen atoms in total. The number of hydrogen-bond donors (Lipinski definition) is 1. The Labute approximate surface area is 112 Å². The molecule has 1 aliphatic rings. The second-order valence-electron chi connectivity index (χ2n) is 4.67. The van der Waals surface area contributed by atoms with Crippen LogP contribution in [0.2, 0.25) is 0 Å². The Kier molecular flexibility index (Phi) is 4.21. The fraction of sp³-hybridized carbons (Fsp3) is 0.538. The molecule has 6 heteroatoms. The summed E-state index contributed by atoms with van der Waals surface area (Å²) in [7, 11) is 0. The SMILES string of the molecule is CCN(CC1CCCO1)c1ccc([N+](=O)[O-])cc1N. The quantitative estimate of drug-likeness (QED) is 0.501. The number of anilines is 2. The predicted molar refractivity (Wildman–Crippen MR) is 74.4 cm³/mol. The maximum absolute atomic E-state index is 10.7. The standard InChI is InChI=1S/C13H19N3O3/c1-2-15(9-11-4-3-7-19-11)13-6-5-10(16(17)18)8-12(13)14/h5-6,8,11H,2-4,7,9,14H2,1H3. The zero-order valence-electron chi connectivity index (χ0n) is 11.0. The zero-order valence-corrected chi connectivity index (χ0v) is 11.0. The first kappa shape index (κ1) is 13.6. The van der Waals surface area contributed by atoms with Crippen LogP contribution in [0.5, 0.6) is 0 Å². The molecule has 1 aromatic carbocycles. The van der Waals surface area contributed by atoms with E-state index in [0.29, 0.717) is 5.69 Å². The van der Waals surface area contributed by atoms with Crippen LogP contribution in [0.15, 0.2) is 18.2 Å². The lowest BCUT2D eigenvalue weighted by Gasteiger charge is -2.27. The number of benzene rings is 1. The van der Waals surface area contributed by atoms with Crippen molar-refractivity contribution in [1.82, 2.24) is 0 Å². The first-order valence-corrected chi connectivity index (χ1v) is 6.52. The zero-order chi connectivity index (χ0) is 13.8. The van der Waals surface area contributed by atoms with Gasteiger partial charge in [0.25, 0.3) is 5.69 Å². The van der Waals surface area contributed by atoms with E-state index in [-0.39, 0.29) is 11.8 Å². The van der Waals surface area contributed by atoms with Crippen LogP contribution in [0.4, 0.5) is 17.1 Å². The van der Waals surface area contributed by atoms with Gasteiger partial charge in [0.15, 0.2) is 0 Å². The van der Waals surface area contributed by atoms with Crippen LogP contribution in [0.3, 0.4) is 0 Å². The van der Waals surface area contributed by atoms with Crippen LogP contribution < -0.4 is 10.6 Å². The summed E-state index contributed by atoms with van der Waals surface area (Å²) in [5, 5.41) is 10.7. The van der Waals surface area contributed by atoms with Gasteiger partial charge in [0.05, 0.1) is 22.4 Å². The van der Waals surface area contributed by atoms with Crippen LogP contribution in [-0.4, -0.2) is 30.7 Å². The minimum atomic E-state index is -0.434. The summed E-state index contributed by atoms with van der Waals surface area (Å²) in [5.74, 6) is 0. The molecule has 1 fully saturated rings. The highest BCUT2D eigenvalue weighted by molar-refractivity contribution is 5.70. The van der Waals surface area contributed by atoms with Crippen molar-refractivity contribution in [2.45, 2.75) is 25.9 Å². The minimum absolute atomic E-state index is 0.0226. The molecule has 1 heterocycles. The molecule has 0 bridgehead atoms. The molecule has 1 unspecified atom stereocenters. The Morgan fingerprint density at radius 2 is 2.37 bits per heavy atom. The van der Waals surface area contributed by atoms with Gasteiger partial charge in [0.2, 0.25) is 0 Å². The monoisotopic (exact) mass is 265 g/mol. The number of nitrogens with zero attached hydrogens (tertiary/aromatic N) is 2. The highest BCUT2D eigenvalue weighted by Gasteiger charge is 2.20. The molecular weight excluding hydrogens is 246 g/mol. The van der Waals surface area contributed by atoms with Crippen LogP contribution >= 0.6 is 0 Å². The molecule has 0 aliphatic carbocycles. The third-order valence-electron chi connectivity index (χ3n) is 3.39. The van der Waals surface area contributed by atoms with Gasteiger partial charge < -0.3 is 15.4 Å². The Morgan fingerprint density at radius 3 is 2.89 bits per heavy atom. The molecule has 0 radical (unpaired) electrons. The normalized spacial score (nSPS) is 18.5. The van der Waals surface area contributed by atoms with E-state index in [2.05, 4.69) is 4.90 Å². The second-order valence-corrected chi connectivity index (χ2v) is 4.67. The summed E-state index contributed by atoms with van der Waals surface area (Å²) in [6, 6.07) is 4.61. The highest BCUT2D eigenvalue weighted by atomic mass is 16.6. The molecule has 1 aliphatic heterocycles. The molecular formula is C13H19N3O3. The first-order chi connectivity index (χ1) is 9.11. The van der Waals surface area contributed by atoms with E-state index in [1.165, 1.54) is 12.1 Å². The highest BCUT2D eigenvalue weighted by Crippen LogP contribution is 2.28. The van der Waals surface area contributed by atoms with Crippen molar-refractivity contribution in [1.29, 1.82) is 0 Å². The average Bonchev–Trinajstić information content (AvgIpc) is 2.89. The maximum Gasteiger partial charge on any atom is 0.271 e. The lowest BCUT2D eigenvalue weighted by atomic mass is 10.2. The molecule has 0 saturated carbocycles. The number of likely N-dealkylation sites (N-methyl/N-ethyl adjacent to an activating group) is 1. The predicted octanol–water partition coefficient (Wildman–Crippen LogP) is 2.18. The van der Waals surface area contributed by atoms with Crippen molar-refractivity contribution in [3.63, 3.8) is 0 Å². The van der Waals surface area contributed by atoms with Crippen molar-refractivity contribution in [3.8, 4) is 0 Å². The molecule has 2 N–H and O–H groups in total. The van der Waals surface area contributed by atoms with Gasteiger partial charge in [-0.25, -0.2) is 0 Å². The van der Waals surface area contributed by atoms with Crippen LogP contribution in [0.25, 0.3) is 0 Å². The third-order valence-corrected chi connectivity index (χ3v) is 3.39. The van der Waals surface area contributed by atoms with E-state index in [9.17, 15) is 10.1 Å². The van der Waals surface area contributed by atoms with Gasteiger partial charge in [-0.2, -0.15) is 0 Å². The number of ether oxygens (including phenoxy) is 1. The number of nitrogen functional groups attached to an aromatic ring is 1. The van der Waals surface area contributed by atoms with Gasteiger partial charge >= 0.3 is 0 Å². The molecule has 1 saturated heterocycles.